The molecule has 0 atom stereocenters. The summed E-state index contributed by atoms with van der Waals surface area (Å²) < 4.78 is 1.82. The Bertz CT molecular complexity index is 525. The predicted octanol–water partition coefficient (Wildman–Crippen LogP) is 1.52. The van der Waals surface area contributed by atoms with Crippen molar-refractivity contribution in [3.8, 4) is 0 Å². The Kier molecular flexibility index (Phi) is 4.90. The van der Waals surface area contributed by atoms with Gasteiger partial charge in [0.25, 0.3) is 0 Å². The van der Waals surface area contributed by atoms with Gasteiger partial charge in [-0.05, 0) is 24.7 Å². The molecule has 2 rings (SSSR count). The number of nitrogens with two attached hydrogens (primary N) is 1. The molecule has 6 heteroatoms. The zero-order valence-electron chi connectivity index (χ0n) is 11.0. The highest BCUT2D eigenvalue weighted by Crippen LogP contribution is 2.12. The second-order valence-corrected chi connectivity index (χ2v) is 4.98. The van der Waals surface area contributed by atoms with Gasteiger partial charge in [-0.25, -0.2) is 0 Å². The topological polar surface area (TPSA) is 60.0 Å². The molecule has 0 aliphatic rings. The molecule has 5 nitrogen and oxygen atoms in total. The van der Waals surface area contributed by atoms with Crippen molar-refractivity contribution in [3.63, 3.8) is 0 Å². The Morgan fingerprint density at radius 3 is 2.95 bits per heavy atom. The van der Waals surface area contributed by atoms with E-state index in [1.165, 1.54) is 5.56 Å². The first-order valence-electron chi connectivity index (χ1n) is 6.19. The van der Waals surface area contributed by atoms with E-state index < -0.39 is 0 Å². The molecule has 102 valence electrons. The average Bonchev–Trinajstić information content (AvgIpc) is 2.84. The van der Waals surface area contributed by atoms with Gasteiger partial charge in [-0.2, -0.15) is 0 Å². The minimum Gasteiger partial charge on any atom is -0.325 e. The molecule has 0 fully saturated rings. The summed E-state index contributed by atoms with van der Waals surface area (Å²) in [6.07, 6.45) is 1.88. The van der Waals surface area contributed by atoms with Crippen molar-refractivity contribution in [1.82, 2.24) is 19.9 Å². The normalized spacial score (nSPS) is 11.2. The van der Waals surface area contributed by atoms with Gasteiger partial charge in [-0.1, -0.05) is 28.9 Å². The second kappa shape index (κ2) is 6.65. The van der Waals surface area contributed by atoms with E-state index in [2.05, 4.69) is 28.3 Å². The van der Waals surface area contributed by atoms with Crippen LogP contribution in [0.2, 0.25) is 5.02 Å². The van der Waals surface area contributed by atoms with E-state index in [-0.39, 0.29) is 0 Å². The summed E-state index contributed by atoms with van der Waals surface area (Å²) in [5.41, 5.74) is 7.52. The summed E-state index contributed by atoms with van der Waals surface area (Å²) in [5, 5.41) is 8.75. The summed E-state index contributed by atoms with van der Waals surface area (Å²) in [7, 11) is 2.07. The van der Waals surface area contributed by atoms with Gasteiger partial charge < -0.3 is 10.6 Å². The highest BCUT2D eigenvalue weighted by molar-refractivity contribution is 6.30. The molecular formula is C13H18ClN5. The maximum Gasteiger partial charge on any atom is 0.0962 e. The van der Waals surface area contributed by atoms with Gasteiger partial charge in [-0.3, -0.25) is 4.68 Å². The number of likely N-dealkylation sites (N-methyl/N-ethyl adjacent to an activating group) is 1. The van der Waals surface area contributed by atoms with Crippen LogP contribution in [0.25, 0.3) is 0 Å². The number of nitrogens with zero attached hydrogens (tertiary/aromatic N) is 4. The van der Waals surface area contributed by atoms with Crippen LogP contribution < -0.4 is 5.73 Å². The van der Waals surface area contributed by atoms with Crippen LogP contribution in [0.15, 0.2) is 30.5 Å². The Labute approximate surface area is 118 Å². The van der Waals surface area contributed by atoms with Gasteiger partial charge in [0.05, 0.1) is 12.2 Å². The molecule has 0 aliphatic heterocycles. The number of rotatable bonds is 6. The maximum atomic E-state index is 5.97. The van der Waals surface area contributed by atoms with Crippen LogP contribution >= 0.6 is 11.6 Å². The average molecular weight is 280 g/mol. The molecular weight excluding hydrogens is 262 g/mol. The lowest BCUT2D eigenvalue weighted by Gasteiger charge is -2.16. The zero-order valence-corrected chi connectivity index (χ0v) is 11.7. The number of aromatic nitrogens is 3. The molecule has 0 radical (unpaired) electrons. The van der Waals surface area contributed by atoms with Gasteiger partial charge >= 0.3 is 0 Å². The highest BCUT2D eigenvalue weighted by Gasteiger charge is 2.03. The summed E-state index contributed by atoms with van der Waals surface area (Å²) in [4.78, 5) is 2.22. The largest absolute Gasteiger partial charge is 0.325 e. The van der Waals surface area contributed by atoms with Crippen molar-refractivity contribution in [2.45, 2.75) is 19.6 Å². The number of hydrogen-bond acceptors (Lipinski definition) is 4. The molecule has 0 saturated carbocycles. The third-order valence-electron chi connectivity index (χ3n) is 2.85. The van der Waals surface area contributed by atoms with Crippen LogP contribution in [0.5, 0.6) is 0 Å². The second-order valence-electron chi connectivity index (χ2n) is 4.54. The minimum atomic E-state index is 0.429. The Morgan fingerprint density at radius 2 is 2.26 bits per heavy atom. The molecule has 2 aromatic rings. The number of halogens is 1. The Balaban J connectivity index is 1.82. The molecule has 2 N–H and O–H groups in total. The van der Waals surface area contributed by atoms with E-state index in [1.807, 2.05) is 29.1 Å². The van der Waals surface area contributed by atoms with Crippen LogP contribution in [0.4, 0.5) is 0 Å². The lowest BCUT2D eigenvalue weighted by Crippen LogP contribution is -2.23. The van der Waals surface area contributed by atoms with E-state index in [1.54, 1.807) is 0 Å². The zero-order chi connectivity index (χ0) is 13.7. The fourth-order valence-electron chi connectivity index (χ4n) is 1.84. The minimum absolute atomic E-state index is 0.429. The van der Waals surface area contributed by atoms with E-state index in [4.69, 9.17) is 17.3 Å². The molecule has 0 amide bonds. The van der Waals surface area contributed by atoms with Crippen LogP contribution in [0, 0.1) is 0 Å². The van der Waals surface area contributed by atoms with Crippen LogP contribution in [-0.4, -0.2) is 33.5 Å². The summed E-state index contributed by atoms with van der Waals surface area (Å²) in [5.74, 6) is 0. The van der Waals surface area contributed by atoms with Crippen molar-refractivity contribution in [2.75, 3.05) is 13.6 Å². The fraction of sp³-hybridized carbons (Fsp3) is 0.385. The summed E-state index contributed by atoms with van der Waals surface area (Å²) in [6.45, 7) is 2.97. The molecule has 0 saturated heterocycles. The number of hydrogen-bond donors (Lipinski definition) is 1. The van der Waals surface area contributed by atoms with Gasteiger partial charge in [0, 0.05) is 30.9 Å². The van der Waals surface area contributed by atoms with Crippen molar-refractivity contribution >= 4 is 11.6 Å². The first-order valence-corrected chi connectivity index (χ1v) is 6.57. The Hall–Kier alpha value is -1.43. The van der Waals surface area contributed by atoms with Crippen LogP contribution in [-0.2, 0) is 19.6 Å². The van der Waals surface area contributed by atoms with Crippen molar-refractivity contribution in [1.29, 1.82) is 0 Å². The summed E-state index contributed by atoms with van der Waals surface area (Å²) in [6, 6.07) is 7.91. The lowest BCUT2D eigenvalue weighted by atomic mass is 10.2. The van der Waals surface area contributed by atoms with Gasteiger partial charge in [-0.15, -0.1) is 5.10 Å². The SMILES string of the molecule is CN(CCn1cc(CN)nn1)Cc1cccc(Cl)c1. The van der Waals surface area contributed by atoms with E-state index >= 15 is 0 Å². The molecule has 1 heterocycles. The molecule has 1 aromatic carbocycles. The van der Waals surface area contributed by atoms with E-state index in [0.29, 0.717) is 6.54 Å². The van der Waals surface area contributed by atoms with Crippen LogP contribution in [0.1, 0.15) is 11.3 Å². The van der Waals surface area contributed by atoms with E-state index in [0.717, 1.165) is 30.4 Å². The fourth-order valence-corrected chi connectivity index (χ4v) is 2.05. The lowest BCUT2D eigenvalue weighted by molar-refractivity contribution is 0.304. The molecule has 0 spiro atoms. The van der Waals surface area contributed by atoms with Gasteiger partial charge in [0.1, 0.15) is 0 Å². The van der Waals surface area contributed by atoms with E-state index in [9.17, 15) is 0 Å². The third kappa shape index (κ3) is 4.31. The predicted molar refractivity (Wildman–Crippen MR) is 75.7 cm³/mol. The highest BCUT2D eigenvalue weighted by atomic mass is 35.5. The first kappa shape index (κ1) is 14.0. The molecule has 19 heavy (non-hydrogen) atoms. The Morgan fingerprint density at radius 1 is 1.42 bits per heavy atom. The monoisotopic (exact) mass is 279 g/mol. The van der Waals surface area contributed by atoms with Gasteiger partial charge in [0.15, 0.2) is 0 Å². The standard InChI is InChI=1S/C13H18ClN5/c1-18(9-11-3-2-4-12(14)7-11)5-6-19-10-13(8-15)16-17-19/h2-4,7,10H,5-6,8-9,15H2,1H3. The quantitative estimate of drug-likeness (QED) is 0.871. The van der Waals surface area contributed by atoms with Gasteiger partial charge in [0.2, 0.25) is 0 Å². The smallest absolute Gasteiger partial charge is 0.0962 e. The molecule has 1 aromatic heterocycles. The first-order chi connectivity index (χ1) is 9.17. The molecule has 0 unspecified atom stereocenters. The number of benzene rings is 1. The van der Waals surface area contributed by atoms with Crippen molar-refractivity contribution in [3.05, 3.63) is 46.7 Å². The van der Waals surface area contributed by atoms with Crippen molar-refractivity contribution in [2.24, 2.45) is 5.73 Å². The van der Waals surface area contributed by atoms with Crippen LogP contribution in [0.3, 0.4) is 0 Å². The molecule has 0 aliphatic carbocycles. The third-order valence-corrected chi connectivity index (χ3v) is 3.08. The maximum absolute atomic E-state index is 5.97. The summed E-state index contributed by atoms with van der Waals surface area (Å²) >= 11 is 5.97. The van der Waals surface area contributed by atoms with Crippen molar-refractivity contribution < 1.29 is 0 Å². The molecule has 0 bridgehead atoms.